The Morgan fingerprint density at radius 3 is 2.89 bits per heavy atom. The van der Waals surface area contributed by atoms with Crippen molar-refractivity contribution in [2.45, 2.75) is 45.1 Å². The van der Waals surface area contributed by atoms with Crippen molar-refractivity contribution in [1.29, 1.82) is 0 Å². The Balaban J connectivity index is 2.66. The van der Waals surface area contributed by atoms with Crippen molar-refractivity contribution >= 4 is 11.6 Å². The van der Waals surface area contributed by atoms with E-state index in [-0.39, 0.29) is 11.9 Å². The number of benzene rings is 1. The second-order valence-electron chi connectivity index (χ2n) is 4.77. The van der Waals surface area contributed by atoms with E-state index in [2.05, 4.69) is 18.8 Å². The van der Waals surface area contributed by atoms with Crippen molar-refractivity contribution in [1.82, 2.24) is 5.32 Å². The molecule has 1 aromatic rings. The largest absolute Gasteiger partial charge is 0.314 e. The number of hydrogen-bond acceptors (Lipinski definition) is 1. The molecule has 0 bridgehead atoms. The van der Waals surface area contributed by atoms with Gasteiger partial charge in [0.15, 0.2) is 0 Å². The van der Waals surface area contributed by atoms with Crippen LogP contribution in [-0.4, -0.2) is 12.6 Å². The summed E-state index contributed by atoms with van der Waals surface area (Å²) < 4.78 is 13.8. The van der Waals surface area contributed by atoms with Crippen LogP contribution in [0.3, 0.4) is 0 Å². The minimum Gasteiger partial charge on any atom is -0.314 e. The molecule has 1 rings (SSSR count). The van der Waals surface area contributed by atoms with Gasteiger partial charge in [-0.15, -0.1) is 6.58 Å². The summed E-state index contributed by atoms with van der Waals surface area (Å²) >= 11 is 6.09. The first-order valence-corrected chi connectivity index (χ1v) is 7.34. The molecule has 0 saturated heterocycles. The number of hydrogen-bond donors (Lipinski definition) is 1. The van der Waals surface area contributed by atoms with Gasteiger partial charge in [0.2, 0.25) is 0 Å². The van der Waals surface area contributed by atoms with Crippen LogP contribution in [0, 0.1) is 5.82 Å². The third-order valence-corrected chi connectivity index (χ3v) is 3.51. The predicted octanol–water partition coefficient (Wildman–Crippen LogP) is 4.75. The summed E-state index contributed by atoms with van der Waals surface area (Å²) in [5.41, 5.74) is 0.622. The average molecular weight is 284 g/mol. The second-order valence-corrected chi connectivity index (χ2v) is 5.18. The molecule has 1 aromatic carbocycles. The van der Waals surface area contributed by atoms with Crippen molar-refractivity contribution in [2.24, 2.45) is 0 Å². The Kier molecular flexibility index (Phi) is 7.76. The number of allylic oxidation sites excluding steroid dienone is 1. The Morgan fingerprint density at radius 1 is 1.47 bits per heavy atom. The van der Waals surface area contributed by atoms with Gasteiger partial charge in [0.1, 0.15) is 5.82 Å². The van der Waals surface area contributed by atoms with Crippen LogP contribution in [0.2, 0.25) is 5.02 Å². The highest BCUT2D eigenvalue weighted by atomic mass is 35.5. The van der Waals surface area contributed by atoms with Gasteiger partial charge in [-0.25, -0.2) is 4.39 Å². The maximum Gasteiger partial charge on any atom is 0.127 e. The number of halogens is 2. The van der Waals surface area contributed by atoms with Gasteiger partial charge in [-0.2, -0.15) is 0 Å². The van der Waals surface area contributed by atoms with Crippen LogP contribution in [0.25, 0.3) is 0 Å². The highest BCUT2D eigenvalue weighted by Gasteiger charge is 2.14. The molecule has 0 aromatic heterocycles. The minimum atomic E-state index is -0.209. The van der Waals surface area contributed by atoms with E-state index in [0.717, 1.165) is 32.2 Å². The first kappa shape index (κ1) is 16.2. The van der Waals surface area contributed by atoms with Crippen molar-refractivity contribution in [2.75, 3.05) is 6.54 Å². The topological polar surface area (TPSA) is 12.0 Å². The monoisotopic (exact) mass is 283 g/mol. The lowest BCUT2D eigenvalue weighted by Crippen LogP contribution is -2.32. The molecule has 0 fully saturated rings. The number of unbranched alkanes of at least 4 members (excludes halogenated alkanes) is 1. The smallest absolute Gasteiger partial charge is 0.127 e. The lowest BCUT2D eigenvalue weighted by Gasteiger charge is -2.19. The normalized spacial score (nSPS) is 12.4. The zero-order valence-electron chi connectivity index (χ0n) is 11.6. The molecular weight excluding hydrogens is 261 g/mol. The fraction of sp³-hybridized carbons (Fsp3) is 0.500. The molecule has 0 heterocycles. The lowest BCUT2D eigenvalue weighted by molar-refractivity contribution is 0.458. The maximum atomic E-state index is 13.8. The molecule has 0 aliphatic rings. The Labute approximate surface area is 120 Å². The van der Waals surface area contributed by atoms with E-state index in [9.17, 15) is 4.39 Å². The van der Waals surface area contributed by atoms with Crippen LogP contribution in [0.4, 0.5) is 4.39 Å². The summed E-state index contributed by atoms with van der Waals surface area (Å²) in [4.78, 5) is 0. The molecule has 1 N–H and O–H groups in total. The highest BCUT2D eigenvalue weighted by molar-refractivity contribution is 6.31. The van der Waals surface area contributed by atoms with Gasteiger partial charge >= 0.3 is 0 Å². The summed E-state index contributed by atoms with van der Waals surface area (Å²) in [7, 11) is 0. The molecular formula is C16H23ClFN. The zero-order chi connectivity index (χ0) is 14.1. The van der Waals surface area contributed by atoms with Gasteiger partial charge in [-0.05, 0) is 50.8 Å². The molecule has 1 unspecified atom stereocenters. The van der Waals surface area contributed by atoms with Gasteiger partial charge in [-0.1, -0.05) is 30.7 Å². The zero-order valence-corrected chi connectivity index (χ0v) is 12.3. The minimum absolute atomic E-state index is 0.209. The Bertz CT molecular complexity index is 372. The first-order valence-electron chi connectivity index (χ1n) is 6.96. The molecule has 3 heteroatoms. The van der Waals surface area contributed by atoms with Crippen molar-refractivity contribution in [3.63, 3.8) is 0 Å². The lowest BCUT2D eigenvalue weighted by atomic mass is 10.00. The standard InChI is InChI=1S/C16H23ClFN/c1-3-5-6-8-13(19-11-4-2)12-14-15(17)9-7-10-16(14)18/h3,7,9-10,13,19H,1,4-6,8,11-12H2,2H3. The fourth-order valence-corrected chi connectivity index (χ4v) is 2.35. The molecule has 0 radical (unpaired) electrons. The first-order chi connectivity index (χ1) is 9.19. The molecule has 1 nitrogen and oxygen atoms in total. The maximum absolute atomic E-state index is 13.8. The van der Waals surface area contributed by atoms with Crippen LogP contribution < -0.4 is 5.32 Å². The quantitative estimate of drug-likeness (QED) is 0.509. The summed E-state index contributed by atoms with van der Waals surface area (Å²) in [6, 6.07) is 5.14. The molecule has 0 aliphatic carbocycles. The number of nitrogens with one attached hydrogen (secondary N) is 1. The highest BCUT2D eigenvalue weighted by Crippen LogP contribution is 2.21. The van der Waals surface area contributed by atoms with Gasteiger partial charge < -0.3 is 5.32 Å². The SMILES string of the molecule is C=CCCCC(Cc1c(F)cccc1Cl)NCCC. The van der Waals surface area contributed by atoms with Crippen LogP contribution >= 0.6 is 11.6 Å². The van der Waals surface area contributed by atoms with E-state index in [1.165, 1.54) is 6.07 Å². The van der Waals surface area contributed by atoms with Gasteiger partial charge in [0.25, 0.3) is 0 Å². The molecule has 0 aliphatic heterocycles. The average Bonchev–Trinajstić information content (AvgIpc) is 2.39. The molecule has 19 heavy (non-hydrogen) atoms. The van der Waals surface area contributed by atoms with E-state index in [4.69, 9.17) is 11.6 Å². The van der Waals surface area contributed by atoms with Crippen LogP contribution in [0.5, 0.6) is 0 Å². The van der Waals surface area contributed by atoms with Crippen LogP contribution in [0.1, 0.15) is 38.2 Å². The molecule has 0 amide bonds. The third kappa shape index (κ3) is 5.75. The number of rotatable bonds is 9. The van der Waals surface area contributed by atoms with Crippen molar-refractivity contribution in [3.05, 3.63) is 47.3 Å². The van der Waals surface area contributed by atoms with Gasteiger partial charge in [-0.3, -0.25) is 0 Å². The predicted molar refractivity (Wildman–Crippen MR) is 81.2 cm³/mol. The summed E-state index contributed by atoms with van der Waals surface area (Å²) in [6.07, 6.45) is 6.71. The summed E-state index contributed by atoms with van der Waals surface area (Å²) in [5, 5.41) is 3.99. The van der Waals surface area contributed by atoms with Crippen LogP contribution in [0.15, 0.2) is 30.9 Å². The fourth-order valence-electron chi connectivity index (χ4n) is 2.11. The van der Waals surface area contributed by atoms with E-state index < -0.39 is 0 Å². The Morgan fingerprint density at radius 2 is 2.26 bits per heavy atom. The molecule has 0 saturated carbocycles. The Hall–Kier alpha value is -0.860. The van der Waals surface area contributed by atoms with Gasteiger partial charge in [0.05, 0.1) is 0 Å². The molecule has 1 atom stereocenters. The van der Waals surface area contributed by atoms with Crippen molar-refractivity contribution < 1.29 is 4.39 Å². The van der Waals surface area contributed by atoms with E-state index in [1.54, 1.807) is 12.1 Å². The summed E-state index contributed by atoms with van der Waals surface area (Å²) in [6.45, 7) is 6.81. The van der Waals surface area contributed by atoms with E-state index >= 15 is 0 Å². The van der Waals surface area contributed by atoms with E-state index in [1.807, 2.05) is 6.08 Å². The molecule has 0 spiro atoms. The van der Waals surface area contributed by atoms with Crippen molar-refractivity contribution in [3.8, 4) is 0 Å². The van der Waals surface area contributed by atoms with E-state index in [0.29, 0.717) is 17.0 Å². The molecule has 106 valence electrons. The van der Waals surface area contributed by atoms with Crippen LogP contribution in [-0.2, 0) is 6.42 Å². The van der Waals surface area contributed by atoms with Gasteiger partial charge in [0, 0.05) is 16.6 Å². The summed E-state index contributed by atoms with van der Waals surface area (Å²) in [5.74, 6) is -0.209. The second kappa shape index (κ2) is 9.11. The third-order valence-electron chi connectivity index (χ3n) is 3.16.